The number of unbranched alkanes of at least 4 members (excludes halogenated alkanes) is 2. The molecule has 10 heteroatoms. The van der Waals surface area contributed by atoms with Gasteiger partial charge in [-0.15, -0.1) is 11.3 Å². The number of hydrogen-bond donors (Lipinski definition) is 3. The second-order valence-electron chi connectivity index (χ2n) is 5.55. The molecule has 3 N–H and O–H groups in total. The van der Waals surface area contributed by atoms with Crippen molar-refractivity contribution in [3.8, 4) is 0 Å². The van der Waals surface area contributed by atoms with Crippen LogP contribution >= 0.6 is 11.3 Å². The first-order chi connectivity index (χ1) is 11.4. The van der Waals surface area contributed by atoms with E-state index in [2.05, 4.69) is 5.32 Å². The van der Waals surface area contributed by atoms with Crippen LogP contribution in [-0.4, -0.2) is 42.8 Å². The molecule has 0 radical (unpaired) electrons. The van der Waals surface area contributed by atoms with Crippen LogP contribution < -0.4 is 10.0 Å². The molecule has 2 rings (SSSR count). The number of carboxylic acid groups (broad SMARTS) is 1. The van der Waals surface area contributed by atoms with Crippen molar-refractivity contribution in [2.75, 3.05) is 13.1 Å². The molecule has 0 aromatic carbocycles. The fraction of sp³-hybridized carbons (Fsp3) is 0.571. The van der Waals surface area contributed by atoms with Crippen LogP contribution in [0.15, 0.2) is 12.1 Å². The zero-order valence-electron chi connectivity index (χ0n) is 13.2. The molecular formula is C14H21N3O5S2. The molecule has 0 spiro atoms. The van der Waals surface area contributed by atoms with Gasteiger partial charge < -0.3 is 10.4 Å². The van der Waals surface area contributed by atoms with E-state index in [4.69, 9.17) is 5.11 Å². The Labute approximate surface area is 145 Å². The van der Waals surface area contributed by atoms with Crippen molar-refractivity contribution in [3.05, 3.63) is 21.9 Å². The molecular weight excluding hydrogens is 354 g/mol. The minimum atomic E-state index is -3.68. The van der Waals surface area contributed by atoms with E-state index in [1.807, 2.05) is 16.9 Å². The molecule has 0 atom stereocenters. The monoisotopic (exact) mass is 375 g/mol. The van der Waals surface area contributed by atoms with Gasteiger partial charge in [0.1, 0.15) is 0 Å². The smallest absolute Gasteiger partial charge is 0.304 e. The molecule has 1 aromatic heterocycles. The van der Waals surface area contributed by atoms with Crippen molar-refractivity contribution in [1.82, 2.24) is 14.3 Å². The molecule has 1 aliphatic rings. The fourth-order valence-electron chi connectivity index (χ4n) is 2.32. The summed E-state index contributed by atoms with van der Waals surface area (Å²) in [6.45, 7) is 1.56. The van der Waals surface area contributed by atoms with E-state index in [9.17, 15) is 18.0 Å². The molecule has 24 heavy (non-hydrogen) atoms. The van der Waals surface area contributed by atoms with E-state index >= 15 is 0 Å². The van der Waals surface area contributed by atoms with E-state index in [1.54, 1.807) is 0 Å². The van der Waals surface area contributed by atoms with Crippen molar-refractivity contribution in [2.24, 2.45) is 0 Å². The standard InChI is InChI=1S/C14H21N3O5S2/c18-13-10-17(24(21,22)16-13)9-12-6-5-11(23-12)8-15-7-3-1-2-4-14(19)20/h5-6,15H,1-4,7-10H2,(H,16,18)(H,19,20). The number of amides is 1. The maximum absolute atomic E-state index is 11.7. The third-order valence-corrected chi connectivity index (χ3v) is 5.99. The van der Waals surface area contributed by atoms with Crippen LogP contribution in [0.2, 0.25) is 0 Å². The van der Waals surface area contributed by atoms with Gasteiger partial charge in [0.05, 0.1) is 13.1 Å². The minimum absolute atomic E-state index is 0.135. The topological polar surface area (TPSA) is 116 Å². The van der Waals surface area contributed by atoms with Crippen LogP contribution in [0.5, 0.6) is 0 Å². The largest absolute Gasteiger partial charge is 0.481 e. The summed E-state index contributed by atoms with van der Waals surface area (Å²) in [6.07, 6.45) is 2.70. The SMILES string of the molecule is O=C(O)CCCCCNCc1ccc(CN2CC(=O)NS2(=O)=O)s1. The molecule has 2 heterocycles. The number of thiophene rings is 1. The number of hydrogen-bond acceptors (Lipinski definition) is 6. The summed E-state index contributed by atoms with van der Waals surface area (Å²) >= 11 is 1.51. The summed E-state index contributed by atoms with van der Waals surface area (Å²) in [5.41, 5.74) is 0. The maximum atomic E-state index is 11.7. The Morgan fingerprint density at radius 1 is 1.29 bits per heavy atom. The van der Waals surface area contributed by atoms with Gasteiger partial charge >= 0.3 is 16.2 Å². The van der Waals surface area contributed by atoms with Gasteiger partial charge in [0, 0.05) is 22.7 Å². The third kappa shape index (κ3) is 5.86. The van der Waals surface area contributed by atoms with Crippen LogP contribution in [-0.2, 0) is 32.9 Å². The average Bonchev–Trinajstić information content (AvgIpc) is 3.02. The summed E-state index contributed by atoms with van der Waals surface area (Å²) in [4.78, 5) is 23.5. The van der Waals surface area contributed by atoms with Crippen LogP contribution in [0.4, 0.5) is 0 Å². The zero-order chi connectivity index (χ0) is 17.6. The molecule has 134 valence electrons. The van der Waals surface area contributed by atoms with Gasteiger partial charge in [-0.2, -0.15) is 12.7 Å². The Morgan fingerprint density at radius 2 is 2.04 bits per heavy atom. The summed E-state index contributed by atoms with van der Waals surface area (Å²) in [7, 11) is -3.68. The van der Waals surface area contributed by atoms with Crippen molar-refractivity contribution >= 4 is 33.4 Å². The second-order valence-corrected chi connectivity index (χ2v) is 8.47. The molecule has 8 nitrogen and oxygen atoms in total. The maximum Gasteiger partial charge on any atom is 0.304 e. The van der Waals surface area contributed by atoms with Crippen LogP contribution in [0.3, 0.4) is 0 Å². The Bertz CT molecular complexity index is 686. The van der Waals surface area contributed by atoms with Gasteiger partial charge in [0.2, 0.25) is 5.91 Å². The molecule has 0 saturated carbocycles. The predicted molar refractivity (Wildman–Crippen MR) is 89.6 cm³/mol. The highest BCUT2D eigenvalue weighted by molar-refractivity contribution is 7.88. The zero-order valence-corrected chi connectivity index (χ0v) is 14.8. The van der Waals surface area contributed by atoms with Gasteiger partial charge in [-0.25, -0.2) is 4.72 Å². The molecule has 0 unspecified atom stereocenters. The Kier molecular flexibility index (Phi) is 6.72. The highest BCUT2D eigenvalue weighted by Gasteiger charge is 2.33. The van der Waals surface area contributed by atoms with Gasteiger partial charge in [0.15, 0.2) is 0 Å². The molecule has 0 aliphatic carbocycles. The lowest BCUT2D eigenvalue weighted by molar-refractivity contribution is -0.137. The second kappa shape index (κ2) is 8.56. The van der Waals surface area contributed by atoms with Gasteiger partial charge in [0.25, 0.3) is 0 Å². The average molecular weight is 375 g/mol. The highest BCUT2D eigenvalue weighted by Crippen LogP contribution is 2.20. The first kappa shape index (κ1) is 18.8. The van der Waals surface area contributed by atoms with Crippen molar-refractivity contribution in [1.29, 1.82) is 0 Å². The Hall–Kier alpha value is -1.49. The fourth-order valence-corrected chi connectivity index (χ4v) is 4.48. The summed E-state index contributed by atoms with van der Waals surface area (Å²) in [5, 5.41) is 11.8. The van der Waals surface area contributed by atoms with Gasteiger partial charge in [-0.3, -0.25) is 9.59 Å². The van der Waals surface area contributed by atoms with Crippen molar-refractivity contribution in [3.63, 3.8) is 0 Å². The van der Waals surface area contributed by atoms with Crippen LogP contribution in [0.1, 0.15) is 35.4 Å². The van der Waals surface area contributed by atoms with Gasteiger partial charge in [-0.05, 0) is 31.5 Å². The molecule has 1 amide bonds. The number of nitrogens with zero attached hydrogens (tertiary/aromatic N) is 1. The lowest BCUT2D eigenvalue weighted by atomic mass is 10.2. The van der Waals surface area contributed by atoms with E-state index in [0.29, 0.717) is 13.0 Å². The Balaban J connectivity index is 1.68. The summed E-state index contributed by atoms with van der Waals surface area (Å²) < 4.78 is 26.4. The van der Waals surface area contributed by atoms with E-state index in [0.717, 1.165) is 33.4 Å². The lowest BCUT2D eigenvalue weighted by Gasteiger charge is -2.10. The van der Waals surface area contributed by atoms with Crippen LogP contribution in [0.25, 0.3) is 0 Å². The number of aliphatic carboxylic acids is 1. The first-order valence-corrected chi connectivity index (χ1v) is 9.93. The van der Waals surface area contributed by atoms with Crippen molar-refractivity contribution in [2.45, 2.75) is 38.8 Å². The predicted octanol–water partition coefficient (Wildman–Crippen LogP) is 0.659. The quantitative estimate of drug-likeness (QED) is 0.518. The highest BCUT2D eigenvalue weighted by atomic mass is 32.2. The van der Waals surface area contributed by atoms with E-state index in [1.165, 1.54) is 11.3 Å². The summed E-state index contributed by atoms with van der Waals surface area (Å²) in [6, 6.07) is 3.81. The molecule has 1 saturated heterocycles. The van der Waals surface area contributed by atoms with Crippen LogP contribution in [0, 0.1) is 0 Å². The number of carbonyl (C=O) groups excluding carboxylic acids is 1. The molecule has 1 aromatic rings. The Morgan fingerprint density at radius 3 is 2.71 bits per heavy atom. The number of rotatable bonds is 10. The van der Waals surface area contributed by atoms with E-state index < -0.39 is 22.1 Å². The van der Waals surface area contributed by atoms with Crippen molar-refractivity contribution < 1.29 is 23.1 Å². The first-order valence-electron chi connectivity index (χ1n) is 7.67. The normalized spacial score (nSPS) is 17.1. The van der Waals surface area contributed by atoms with E-state index in [-0.39, 0.29) is 19.5 Å². The lowest BCUT2D eigenvalue weighted by Crippen LogP contribution is -2.28. The number of carbonyl (C=O) groups is 2. The molecule has 1 aliphatic heterocycles. The summed E-state index contributed by atoms with van der Waals surface area (Å²) in [5.74, 6) is -1.26. The minimum Gasteiger partial charge on any atom is -0.481 e. The molecule has 0 bridgehead atoms. The molecule has 1 fully saturated rings. The number of nitrogens with one attached hydrogen (secondary N) is 2. The van der Waals surface area contributed by atoms with Gasteiger partial charge in [-0.1, -0.05) is 6.42 Å². The third-order valence-electron chi connectivity index (χ3n) is 3.50. The number of carboxylic acids is 1.